The van der Waals surface area contributed by atoms with Gasteiger partial charge in [0.1, 0.15) is 5.76 Å². The summed E-state index contributed by atoms with van der Waals surface area (Å²) < 4.78 is 10.4. The molecule has 0 unspecified atom stereocenters. The molecule has 138 valence electrons. The Labute approximate surface area is 157 Å². The summed E-state index contributed by atoms with van der Waals surface area (Å²) in [5, 5.41) is 2.78. The standard InChI is InChI=1S/C21H20N2O4/c1-12-10-16(11-17(13(12)2)21(25)26-4)22-19(24)18-14(3)27-20(23-18)15-8-6-5-7-9-15/h5-11H,1-4H3,(H,22,24). The van der Waals surface area contributed by atoms with Crippen LogP contribution >= 0.6 is 0 Å². The maximum absolute atomic E-state index is 12.7. The predicted octanol–water partition coefficient (Wildman–Crippen LogP) is 4.31. The molecule has 0 saturated heterocycles. The smallest absolute Gasteiger partial charge is 0.338 e. The Morgan fingerprint density at radius 3 is 2.44 bits per heavy atom. The zero-order valence-electron chi connectivity index (χ0n) is 15.6. The molecule has 0 spiro atoms. The Balaban J connectivity index is 1.89. The maximum Gasteiger partial charge on any atom is 0.338 e. The van der Waals surface area contributed by atoms with Gasteiger partial charge in [-0.05, 0) is 56.2 Å². The zero-order valence-corrected chi connectivity index (χ0v) is 15.6. The molecule has 0 atom stereocenters. The molecule has 0 fully saturated rings. The minimum absolute atomic E-state index is 0.201. The summed E-state index contributed by atoms with van der Waals surface area (Å²) >= 11 is 0. The van der Waals surface area contributed by atoms with Crippen LogP contribution in [0.2, 0.25) is 0 Å². The highest BCUT2D eigenvalue weighted by Gasteiger charge is 2.20. The van der Waals surface area contributed by atoms with Gasteiger partial charge in [-0.3, -0.25) is 4.79 Å². The molecule has 2 aromatic carbocycles. The third-order valence-corrected chi connectivity index (χ3v) is 4.36. The number of benzene rings is 2. The van der Waals surface area contributed by atoms with Gasteiger partial charge in [0.05, 0.1) is 12.7 Å². The second-order valence-electron chi connectivity index (χ2n) is 6.20. The molecule has 6 nitrogen and oxygen atoms in total. The summed E-state index contributed by atoms with van der Waals surface area (Å²) in [5.41, 5.74) is 3.58. The number of oxazole rings is 1. The number of esters is 1. The van der Waals surface area contributed by atoms with Crippen molar-refractivity contribution in [2.75, 3.05) is 12.4 Å². The van der Waals surface area contributed by atoms with Gasteiger partial charge in [0.25, 0.3) is 5.91 Å². The van der Waals surface area contributed by atoms with Gasteiger partial charge in [0.2, 0.25) is 5.89 Å². The molecule has 6 heteroatoms. The van der Waals surface area contributed by atoms with Crippen molar-refractivity contribution in [3.8, 4) is 11.5 Å². The number of amides is 1. The number of aromatic nitrogens is 1. The summed E-state index contributed by atoms with van der Waals surface area (Å²) in [5.74, 6) is -0.0508. The van der Waals surface area contributed by atoms with E-state index >= 15 is 0 Å². The minimum Gasteiger partial charge on any atom is -0.465 e. The van der Waals surface area contributed by atoms with Crippen LogP contribution in [-0.2, 0) is 4.74 Å². The van der Waals surface area contributed by atoms with Crippen molar-refractivity contribution < 1.29 is 18.7 Å². The molecule has 0 aliphatic carbocycles. The second-order valence-corrected chi connectivity index (χ2v) is 6.20. The monoisotopic (exact) mass is 364 g/mol. The lowest BCUT2D eigenvalue weighted by Crippen LogP contribution is -2.15. The third kappa shape index (κ3) is 3.74. The lowest BCUT2D eigenvalue weighted by atomic mass is 10.0. The summed E-state index contributed by atoms with van der Waals surface area (Å²) in [6.07, 6.45) is 0. The first-order valence-electron chi connectivity index (χ1n) is 8.44. The number of aryl methyl sites for hydroxylation is 2. The van der Waals surface area contributed by atoms with Crippen molar-refractivity contribution in [2.45, 2.75) is 20.8 Å². The average Bonchev–Trinajstić information content (AvgIpc) is 3.06. The van der Waals surface area contributed by atoms with E-state index in [1.807, 2.05) is 44.2 Å². The van der Waals surface area contributed by atoms with Crippen LogP contribution in [0.3, 0.4) is 0 Å². The molecule has 0 bridgehead atoms. The fraction of sp³-hybridized carbons (Fsp3) is 0.190. The van der Waals surface area contributed by atoms with E-state index in [-0.39, 0.29) is 5.69 Å². The Hall–Kier alpha value is -3.41. The van der Waals surface area contributed by atoms with Crippen LogP contribution in [0.4, 0.5) is 5.69 Å². The van der Waals surface area contributed by atoms with E-state index in [0.29, 0.717) is 22.9 Å². The van der Waals surface area contributed by atoms with Gasteiger partial charge < -0.3 is 14.5 Å². The van der Waals surface area contributed by atoms with E-state index in [2.05, 4.69) is 10.3 Å². The highest BCUT2D eigenvalue weighted by Crippen LogP contribution is 2.24. The normalized spacial score (nSPS) is 10.5. The Morgan fingerprint density at radius 1 is 1.07 bits per heavy atom. The van der Waals surface area contributed by atoms with Crippen LogP contribution in [0.15, 0.2) is 46.9 Å². The summed E-state index contributed by atoms with van der Waals surface area (Å²) in [4.78, 5) is 28.9. The lowest BCUT2D eigenvalue weighted by Gasteiger charge is -2.11. The fourth-order valence-electron chi connectivity index (χ4n) is 2.76. The van der Waals surface area contributed by atoms with Crippen molar-refractivity contribution >= 4 is 17.6 Å². The van der Waals surface area contributed by atoms with Crippen LogP contribution in [0.1, 0.15) is 37.7 Å². The van der Waals surface area contributed by atoms with Gasteiger partial charge in [0.15, 0.2) is 5.69 Å². The first kappa shape index (κ1) is 18.4. The highest BCUT2D eigenvalue weighted by molar-refractivity contribution is 6.04. The number of hydrogen-bond acceptors (Lipinski definition) is 5. The van der Waals surface area contributed by atoms with Crippen LogP contribution in [0, 0.1) is 20.8 Å². The second kappa shape index (κ2) is 7.45. The number of carbonyl (C=O) groups excluding carboxylic acids is 2. The quantitative estimate of drug-likeness (QED) is 0.698. The van der Waals surface area contributed by atoms with Crippen LogP contribution in [0.25, 0.3) is 11.5 Å². The fourth-order valence-corrected chi connectivity index (χ4v) is 2.76. The van der Waals surface area contributed by atoms with Gasteiger partial charge in [0, 0.05) is 11.3 Å². The number of hydrogen-bond donors (Lipinski definition) is 1. The molecule has 1 heterocycles. The number of anilines is 1. The first-order chi connectivity index (χ1) is 12.9. The Morgan fingerprint density at radius 2 is 1.78 bits per heavy atom. The SMILES string of the molecule is COC(=O)c1cc(NC(=O)c2nc(-c3ccccc3)oc2C)cc(C)c1C. The number of ether oxygens (including phenoxy) is 1. The van der Waals surface area contributed by atoms with Crippen LogP contribution in [-0.4, -0.2) is 24.0 Å². The van der Waals surface area contributed by atoms with Crippen molar-refractivity contribution in [3.63, 3.8) is 0 Å². The summed E-state index contributed by atoms with van der Waals surface area (Å²) in [6, 6.07) is 12.8. The van der Waals surface area contributed by atoms with Gasteiger partial charge in [-0.15, -0.1) is 0 Å². The Kier molecular flexibility index (Phi) is 5.07. The minimum atomic E-state index is -0.448. The van der Waals surface area contributed by atoms with E-state index in [1.165, 1.54) is 7.11 Å². The van der Waals surface area contributed by atoms with Crippen molar-refractivity contribution in [3.05, 3.63) is 70.6 Å². The molecular weight excluding hydrogens is 344 g/mol. The molecule has 1 aromatic heterocycles. The number of nitrogens with zero attached hydrogens (tertiary/aromatic N) is 1. The Bertz CT molecular complexity index is 1010. The molecule has 3 rings (SSSR count). The topological polar surface area (TPSA) is 81.4 Å². The van der Waals surface area contributed by atoms with E-state index < -0.39 is 11.9 Å². The highest BCUT2D eigenvalue weighted by atomic mass is 16.5. The number of rotatable bonds is 4. The van der Waals surface area contributed by atoms with Crippen molar-refractivity contribution in [1.29, 1.82) is 0 Å². The van der Waals surface area contributed by atoms with Gasteiger partial charge >= 0.3 is 5.97 Å². The molecule has 0 radical (unpaired) electrons. The molecular formula is C21H20N2O4. The molecule has 1 N–H and O–H groups in total. The number of carbonyl (C=O) groups is 2. The van der Waals surface area contributed by atoms with Crippen molar-refractivity contribution in [1.82, 2.24) is 4.98 Å². The van der Waals surface area contributed by atoms with Crippen LogP contribution in [0.5, 0.6) is 0 Å². The number of nitrogens with one attached hydrogen (secondary N) is 1. The third-order valence-electron chi connectivity index (χ3n) is 4.36. The largest absolute Gasteiger partial charge is 0.465 e. The predicted molar refractivity (Wildman–Crippen MR) is 102 cm³/mol. The maximum atomic E-state index is 12.7. The number of methoxy groups -OCH3 is 1. The van der Waals surface area contributed by atoms with E-state index in [9.17, 15) is 9.59 Å². The summed E-state index contributed by atoms with van der Waals surface area (Å²) in [6.45, 7) is 5.39. The zero-order chi connectivity index (χ0) is 19.6. The lowest BCUT2D eigenvalue weighted by molar-refractivity contribution is 0.0599. The van der Waals surface area contributed by atoms with E-state index in [1.54, 1.807) is 19.1 Å². The van der Waals surface area contributed by atoms with Gasteiger partial charge in [-0.25, -0.2) is 9.78 Å². The molecule has 0 aliphatic rings. The van der Waals surface area contributed by atoms with Gasteiger partial charge in [-0.2, -0.15) is 0 Å². The van der Waals surface area contributed by atoms with Crippen LogP contribution < -0.4 is 5.32 Å². The van der Waals surface area contributed by atoms with E-state index in [0.717, 1.165) is 16.7 Å². The average molecular weight is 364 g/mol. The van der Waals surface area contributed by atoms with Gasteiger partial charge in [-0.1, -0.05) is 18.2 Å². The molecule has 0 saturated carbocycles. The first-order valence-corrected chi connectivity index (χ1v) is 8.44. The van der Waals surface area contributed by atoms with E-state index in [4.69, 9.17) is 9.15 Å². The molecule has 3 aromatic rings. The molecule has 27 heavy (non-hydrogen) atoms. The van der Waals surface area contributed by atoms with Crippen molar-refractivity contribution in [2.24, 2.45) is 0 Å². The molecule has 1 amide bonds. The summed E-state index contributed by atoms with van der Waals surface area (Å²) in [7, 11) is 1.33. The molecule has 0 aliphatic heterocycles.